The van der Waals surface area contributed by atoms with E-state index in [2.05, 4.69) is 32.0 Å². The Morgan fingerprint density at radius 1 is 1.32 bits per heavy atom. The summed E-state index contributed by atoms with van der Waals surface area (Å²) in [6, 6.07) is 8.07. The van der Waals surface area contributed by atoms with Gasteiger partial charge in [0.25, 0.3) is 0 Å². The lowest BCUT2D eigenvalue weighted by atomic mass is 9.96. The molecule has 1 atom stereocenters. The number of hydrogen-bond donors (Lipinski definition) is 0. The van der Waals surface area contributed by atoms with Crippen molar-refractivity contribution >= 4 is 27.5 Å². The second-order valence-electron chi connectivity index (χ2n) is 4.59. The number of aryl methyl sites for hydroxylation is 1. The zero-order valence-electron chi connectivity index (χ0n) is 10.4. The van der Waals surface area contributed by atoms with Crippen LogP contribution in [0.25, 0.3) is 0 Å². The van der Waals surface area contributed by atoms with Gasteiger partial charge in [0, 0.05) is 0 Å². The molecule has 2 heterocycles. The topological polar surface area (TPSA) is 35.0 Å². The van der Waals surface area contributed by atoms with Crippen LogP contribution >= 0.6 is 27.5 Å². The molecule has 0 N–H and O–H groups in total. The lowest BCUT2D eigenvalue weighted by molar-refractivity contribution is 0.257. The Hall–Kier alpha value is -1.13. The van der Waals surface area contributed by atoms with Gasteiger partial charge in [-0.2, -0.15) is 0 Å². The van der Waals surface area contributed by atoms with Crippen LogP contribution in [0.2, 0.25) is 5.15 Å². The van der Waals surface area contributed by atoms with Crippen molar-refractivity contribution in [3.63, 3.8) is 0 Å². The van der Waals surface area contributed by atoms with Gasteiger partial charge in [-0.05, 0) is 40.9 Å². The number of fused-ring (bicyclic) bond motifs is 1. The van der Waals surface area contributed by atoms with E-state index in [1.807, 2.05) is 25.1 Å². The Morgan fingerprint density at radius 2 is 2.11 bits per heavy atom. The maximum absolute atomic E-state index is 6.10. The first kappa shape index (κ1) is 12.9. The van der Waals surface area contributed by atoms with Crippen LogP contribution in [0.5, 0.6) is 5.75 Å². The Bertz CT molecular complexity index is 610. The van der Waals surface area contributed by atoms with Crippen LogP contribution in [0.15, 0.2) is 28.7 Å². The molecule has 0 fully saturated rings. The van der Waals surface area contributed by atoms with Gasteiger partial charge in [0.15, 0.2) is 0 Å². The van der Waals surface area contributed by atoms with Crippen LogP contribution in [0.3, 0.4) is 0 Å². The zero-order valence-corrected chi connectivity index (χ0v) is 12.7. The number of rotatable bonds is 1. The smallest absolute Gasteiger partial charge is 0.147 e. The fourth-order valence-corrected chi connectivity index (χ4v) is 2.62. The van der Waals surface area contributed by atoms with Gasteiger partial charge >= 0.3 is 0 Å². The normalized spacial score (nSPS) is 17.7. The molecule has 0 aliphatic carbocycles. The van der Waals surface area contributed by atoms with Gasteiger partial charge in [0.1, 0.15) is 16.7 Å². The van der Waals surface area contributed by atoms with Crippen molar-refractivity contribution in [3.05, 3.63) is 51.0 Å². The van der Waals surface area contributed by atoms with E-state index in [1.165, 1.54) is 5.56 Å². The highest BCUT2D eigenvalue weighted by Crippen LogP contribution is 2.32. The number of aromatic nitrogens is 2. The van der Waals surface area contributed by atoms with Crippen LogP contribution < -0.4 is 4.74 Å². The van der Waals surface area contributed by atoms with Crippen molar-refractivity contribution < 1.29 is 4.74 Å². The molecule has 1 unspecified atom stereocenters. The predicted molar refractivity (Wildman–Crippen MR) is 77.9 cm³/mol. The molecule has 3 nitrogen and oxygen atoms in total. The third-order valence-electron chi connectivity index (χ3n) is 3.24. The summed E-state index contributed by atoms with van der Waals surface area (Å²) in [4.78, 5) is 8.87. The number of ether oxygens (including phenoxy) is 1. The molecule has 0 amide bonds. The average molecular weight is 340 g/mol. The summed E-state index contributed by atoms with van der Waals surface area (Å²) in [5, 5.41) is 0.460. The highest BCUT2D eigenvalue weighted by Gasteiger charge is 2.24. The summed E-state index contributed by atoms with van der Waals surface area (Å²) in [6.07, 6.45) is 0.883. The third-order valence-corrected chi connectivity index (χ3v) is 4.69. The Labute approximate surface area is 125 Å². The molecule has 0 radical (unpaired) electrons. The molecule has 2 aromatic rings. The second kappa shape index (κ2) is 5.10. The number of nitrogens with zero attached hydrogens (tertiary/aromatic N) is 2. The molecule has 1 aromatic heterocycles. The molecule has 3 rings (SSSR count). The maximum atomic E-state index is 6.10. The van der Waals surface area contributed by atoms with E-state index >= 15 is 0 Å². The van der Waals surface area contributed by atoms with Crippen LogP contribution in [0.1, 0.15) is 23.0 Å². The lowest BCUT2D eigenvalue weighted by Gasteiger charge is -2.24. The van der Waals surface area contributed by atoms with Gasteiger partial charge in [-0.25, -0.2) is 9.97 Å². The summed E-state index contributed by atoms with van der Waals surface area (Å²) in [5.74, 6) is 1.86. The number of halogens is 2. The van der Waals surface area contributed by atoms with E-state index in [4.69, 9.17) is 16.3 Å². The van der Waals surface area contributed by atoms with Gasteiger partial charge < -0.3 is 4.74 Å². The van der Waals surface area contributed by atoms with Crippen LogP contribution in [-0.4, -0.2) is 16.6 Å². The first-order valence-electron chi connectivity index (χ1n) is 6.05. The van der Waals surface area contributed by atoms with Gasteiger partial charge in [-0.15, -0.1) is 0 Å². The lowest BCUT2D eigenvalue weighted by Crippen LogP contribution is -2.21. The molecular formula is C14H12BrClN2O. The van der Waals surface area contributed by atoms with Crippen molar-refractivity contribution in [2.75, 3.05) is 6.61 Å². The molecule has 1 aliphatic rings. The first-order chi connectivity index (χ1) is 9.15. The van der Waals surface area contributed by atoms with E-state index in [0.717, 1.165) is 28.2 Å². The van der Waals surface area contributed by atoms with Gasteiger partial charge in [-0.1, -0.05) is 29.8 Å². The molecule has 5 heteroatoms. The Morgan fingerprint density at radius 3 is 2.89 bits per heavy atom. The van der Waals surface area contributed by atoms with Crippen LogP contribution in [-0.2, 0) is 6.42 Å². The third kappa shape index (κ3) is 2.47. The minimum Gasteiger partial charge on any atom is -0.493 e. The largest absolute Gasteiger partial charge is 0.493 e. The zero-order chi connectivity index (χ0) is 13.4. The van der Waals surface area contributed by atoms with Crippen molar-refractivity contribution in [1.29, 1.82) is 0 Å². The van der Waals surface area contributed by atoms with E-state index in [-0.39, 0.29) is 5.92 Å². The molecule has 19 heavy (non-hydrogen) atoms. The van der Waals surface area contributed by atoms with E-state index in [1.54, 1.807) is 0 Å². The fraction of sp³-hybridized carbons (Fsp3) is 0.286. The fourth-order valence-electron chi connectivity index (χ4n) is 2.22. The van der Waals surface area contributed by atoms with Crippen LogP contribution in [0.4, 0.5) is 0 Å². The summed E-state index contributed by atoms with van der Waals surface area (Å²) < 4.78 is 6.52. The van der Waals surface area contributed by atoms with E-state index in [9.17, 15) is 0 Å². The SMILES string of the molecule is Cc1nc(C2COc3ccccc3C2)nc(Cl)c1Br. The Balaban J connectivity index is 1.93. The van der Waals surface area contributed by atoms with Crippen molar-refractivity contribution in [2.45, 2.75) is 19.3 Å². The maximum Gasteiger partial charge on any atom is 0.147 e. The molecule has 0 saturated carbocycles. The Kier molecular flexibility index (Phi) is 3.46. The predicted octanol–water partition coefficient (Wildman–Crippen LogP) is 3.92. The average Bonchev–Trinajstić information content (AvgIpc) is 2.43. The molecule has 0 saturated heterocycles. The number of benzene rings is 1. The van der Waals surface area contributed by atoms with Crippen molar-refractivity contribution in [3.8, 4) is 5.75 Å². The van der Waals surface area contributed by atoms with Crippen molar-refractivity contribution in [1.82, 2.24) is 9.97 Å². The minimum absolute atomic E-state index is 0.152. The molecule has 1 aliphatic heterocycles. The summed E-state index contributed by atoms with van der Waals surface area (Å²) in [6.45, 7) is 2.51. The molecule has 0 bridgehead atoms. The second-order valence-corrected chi connectivity index (χ2v) is 5.74. The quantitative estimate of drug-likeness (QED) is 0.739. The highest BCUT2D eigenvalue weighted by molar-refractivity contribution is 9.10. The standard InChI is InChI=1S/C14H12BrClN2O/c1-8-12(15)13(16)18-14(17-8)10-6-9-4-2-3-5-11(9)19-7-10/h2-5,10H,6-7H2,1H3. The van der Waals surface area contributed by atoms with Crippen LogP contribution in [0, 0.1) is 6.92 Å². The highest BCUT2D eigenvalue weighted by atomic mass is 79.9. The van der Waals surface area contributed by atoms with Gasteiger partial charge in [0.05, 0.1) is 22.7 Å². The monoisotopic (exact) mass is 338 g/mol. The molecule has 0 spiro atoms. The first-order valence-corrected chi connectivity index (χ1v) is 7.22. The summed E-state index contributed by atoms with van der Waals surface area (Å²) in [5.41, 5.74) is 2.05. The minimum atomic E-state index is 0.152. The summed E-state index contributed by atoms with van der Waals surface area (Å²) in [7, 11) is 0. The molecular weight excluding hydrogens is 328 g/mol. The van der Waals surface area contributed by atoms with Gasteiger partial charge in [-0.3, -0.25) is 0 Å². The van der Waals surface area contributed by atoms with E-state index in [0.29, 0.717) is 11.8 Å². The molecule has 98 valence electrons. The summed E-state index contributed by atoms with van der Waals surface area (Å²) >= 11 is 9.47. The van der Waals surface area contributed by atoms with Gasteiger partial charge in [0.2, 0.25) is 0 Å². The van der Waals surface area contributed by atoms with Crippen molar-refractivity contribution in [2.24, 2.45) is 0 Å². The number of hydrogen-bond acceptors (Lipinski definition) is 3. The molecule has 1 aromatic carbocycles. The number of para-hydroxylation sites is 1. The van der Waals surface area contributed by atoms with E-state index < -0.39 is 0 Å².